The van der Waals surface area contributed by atoms with Crippen LogP contribution in [0.15, 0.2) is 22.7 Å². The average molecular weight is 261 g/mol. The Hall–Kier alpha value is -0.570. The lowest BCUT2D eigenvalue weighted by atomic mass is 10.1. The van der Waals surface area contributed by atoms with Gasteiger partial charge in [-0.2, -0.15) is 0 Å². The second-order valence-electron chi connectivity index (χ2n) is 3.40. The summed E-state index contributed by atoms with van der Waals surface area (Å²) in [6.45, 7) is 4.85. The molecular formula is C11H14BrFO. The monoisotopic (exact) mass is 260 g/mol. The van der Waals surface area contributed by atoms with E-state index in [1.807, 2.05) is 0 Å². The van der Waals surface area contributed by atoms with Gasteiger partial charge in [0.15, 0.2) is 0 Å². The Kier molecular flexibility index (Phi) is 4.39. The molecular weight excluding hydrogens is 247 g/mol. The van der Waals surface area contributed by atoms with Crippen molar-refractivity contribution >= 4 is 15.9 Å². The van der Waals surface area contributed by atoms with E-state index in [4.69, 9.17) is 4.74 Å². The highest BCUT2D eigenvalue weighted by Crippen LogP contribution is 2.21. The molecule has 0 aliphatic carbocycles. The van der Waals surface area contributed by atoms with E-state index >= 15 is 0 Å². The predicted octanol–water partition coefficient (Wildman–Crippen LogP) is 4.01. The first-order valence-electron chi connectivity index (χ1n) is 4.71. The largest absolute Gasteiger partial charge is 0.493 e. The van der Waals surface area contributed by atoms with Crippen LogP contribution in [0, 0.1) is 11.7 Å². The lowest BCUT2D eigenvalue weighted by Crippen LogP contribution is -2.07. The fourth-order valence-corrected chi connectivity index (χ4v) is 1.17. The van der Waals surface area contributed by atoms with Gasteiger partial charge >= 0.3 is 0 Å². The van der Waals surface area contributed by atoms with Crippen LogP contribution in [0.1, 0.15) is 20.3 Å². The van der Waals surface area contributed by atoms with Gasteiger partial charge < -0.3 is 4.74 Å². The zero-order valence-corrected chi connectivity index (χ0v) is 9.97. The molecule has 0 aliphatic rings. The molecule has 3 heteroatoms. The van der Waals surface area contributed by atoms with Crippen molar-refractivity contribution in [2.75, 3.05) is 6.61 Å². The van der Waals surface area contributed by atoms with Crippen LogP contribution in [-0.4, -0.2) is 6.61 Å². The minimum atomic E-state index is -0.286. The number of rotatable bonds is 4. The molecule has 0 heterocycles. The number of hydrogen-bond donors (Lipinski definition) is 0. The molecule has 14 heavy (non-hydrogen) atoms. The Morgan fingerprint density at radius 3 is 2.79 bits per heavy atom. The summed E-state index contributed by atoms with van der Waals surface area (Å²) in [6.07, 6.45) is 1.07. The molecule has 0 aliphatic heterocycles. The quantitative estimate of drug-likeness (QED) is 0.795. The highest BCUT2D eigenvalue weighted by Gasteiger charge is 2.03. The molecule has 1 atom stereocenters. The summed E-state index contributed by atoms with van der Waals surface area (Å²) >= 11 is 3.09. The lowest BCUT2D eigenvalue weighted by Gasteiger charge is -2.10. The predicted molar refractivity (Wildman–Crippen MR) is 59.1 cm³/mol. The summed E-state index contributed by atoms with van der Waals surface area (Å²) in [6, 6.07) is 4.81. The summed E-state index contributed by atoms with van der Waals surface area (Å²) < 4.78 is 19.0. The second-order valence-corrected chi connectivity index (χ2v) is 4.25. The van der Waals surface area contributed by atoms with E-state index < -0.39 is 0 Å². The van der Waals surface area contributed by atoms with Crippen molar-refractivity contribution in [3.63, 3.8) is 0 Å². The van der Waals surface area contributed by atoms with E-state index in [2.05, 4.69) is 29.8 Å². The molecule has 0 spiro atoms. The minimum absolute atomic E-state index is 0.286. The van der Waals surface area contributed by atoms with E-state index in [0.717, 1.165) is 6.42 Å². The highest BCUT2D eigenvalue weighted by atomic mass is 79.9. The zero-order chi connectivity index (χ0) is 10.6. The molecule has 0 N–H and O–H groups in total. The SMILES string of the molecule is CCC(C)COc1ccc(Br)c(F)c1. The Labute approximate surface area is 92.4 Å². The maximum absolute atomic E-state index is 13.1. The topological polar surface area (TPSA) is 9.23 Å². The fraction of sp³-hybridized carbons (Fsp3) is 0.455. The molecule has 1 aromatic carbocycles. The van der Waals surface area contributed by atoms with Gasteiger partial charge in [0.1, 0.15) is 11.6 Å². The normalized spacial score (nSPS) is 12.6. The maximum Gasteiger partial charge on any atom is 0.141 e. The molecule has 0 saturated heterocycles. The van der Waals surface area contributed by atoms with Crippen molar-refractivity contribution in [1.82, 2.24) is 0 Å². The van der Waals surface area contributed by atoms with Gasteiger partial charge in [0, 0.05) is 6.07 Å². The van der Waals surface area contributed by atoms with Crippen molar-refractivity contribution in [1.29, 1.82) is 0 Å². The van der Waals surface area contributed by atoms with Crippen molar-refractivity contribution in [2.45, 2.75) is 20.3 Å². The molecule has 1 unspecified atom stereocenters. The van der Waals surface area contributed by atoms with Crippen LogP contribution in [0.25, 0.3) is 0 Å². The fourth-order valence-electron chi connectivity index (χ4n) is 0.923. The zero-order valence-electron chi connectivity index (χ0n) is 8.39. The van der Waals surface area contributed by atoms with E-state index in [1.54, 1.807) is 12.1 Å². The van der Waals surface area contributed by atoms with E-state index in [9.17, 15) is 4.39 Å². The third kappa shape index (κ3) is 3.29. The number of benzene rings is 1. The van der Waals surface area contributed by atoms with Gasteiger partial charge in [-0.1, -0.05) is 20.3 Å². The van der Waals surface area contributed by atoms with E-state index in [0.29, 0.717) is 22.7 Å². The van der Waals surface area contributed by atoms with E-state index in [1.165, 1.54) is 6.07 Å². The minimum Gasteiger partial charge on any atom is -0.493 e. The smallest absolute Gasteiger partial charge is 0.141 e. The summed E-state index contributed by atoms with van der Waals surface area (Å²) in [5, 5.41) is 0. The first-order chi connectivity index (χ1) is 6.63. The second kappa shape index (κ2) is 5.35. The van der Waals surface area contributed by atoms with Crippen LogP contribution in [-0.2, 0) is 0 Å². The molecule has 1 aromatic rings. The van der Waals surface area contributed by atoms with Crippen molar-refractivity contribution < 1.29 is 9.13 Å². The third-order valence-corrected chi connectivity index (χ3v) is 2.77. The molecule has 1 nitrogen and oxygen atoms in total. The van der Waals surface area contributed by atoms with Crippen LogP contribution in [0.3, 0.4) is 0 Å². The summed E-state index contributed by atoms with van der Waals surface area (Å²) in [4.78, 5) is 0. The Bertz CT molecular complexity index is 301. The van der Waals surface area contributed by atoms with Gasteiger partial charge in [-0.3, -0.25) is 0 Å². The van der Waals surface area contributed by atoms with Crippen molar-refractivity contribution in [2.24, 2.45) is 5.92 Å². The molecule has 78 valence electrons. The lowest BCUT2D eigenvalue weighted by molar-refractivity contribution is 0.255. The number of halogens is 2. The molecule has 0 saturated carbocycles. The van der Waals surface area contributed by atoms with Crippen LogP contribution < -0.4 is 4.74 Å². The van der Waals surface area contributed by atoms with Crippen molar-refractivity contribution in [3.05, 3.63) is 28.5 Å². The number of ether oxygens (including phenoxy) is 1. The summed E-state index contributed by atoms with van der Waals surface area (Å²) in [5.41, 5.74) is 0. The van der Waals surface area contributed by atoms with Crippen molar-refractivity contribution in [3.8, 4) is 5.75 Å². The van der Waals surface area contributed by atoms with Gasteiger partial charge in [0.2, 0.25) is 0 Å². The summed E-state index contributed by atoms with van der Waals surface area (Å²) in [7, 11) is 0. The van der Waals surface area contributed by atoms with Crippen LogP contribution in [0.2, 0.25) is 0 Å². The van der Waals surface area contributed by atoms with Gasteiger partial charge in [0.05, 0.1) is 11.1 Å². The highest BCUT2D eigenvalue weighted by molar-refractivity contribution is 9.10. The van der Waals surface area contributed by atoms with Gasteiger partial charge in [-0.05, 0) is 34.0 Å². The van der Waals surface area contributed by atoms with Crippen LogP contribution >= 0.6 is 15.9 Å². The van der Waals surface area contributed by atoms with E-state index in [-0.39, 0.29) is 5.82 Å². The Morgan fingerprint density at radius 1 is 1.50 bits per heavy atom. The number of hydrogen-bond acceptors (Lipinski definition) is 1. The average Bonchev–Trinajstić information content (AvgIpc) is 2.19. The summed E-state index contributed by atoms with van der Waals surface area (Å²) in [5.74, 6) is 0.805. The van der Waals surface area contributed by atoms with Crippen LogP contribution in [0.4, 0.5) is 4.39 Å². The molecule has 0 amide bonds. The molecule has 1 rings (SSSR count). The standard InChI is InChI=1S/C11H14BrFO/c1-3-8(2)7-14-9-4-5-10(12)11(13)6-9/h4-6,8H,3,7H2,1-2H3. The maximum atomic E-state index is 13.1. The Balaban J connectivity index is 2.55. The molecule has 0 radical (unpaired) electrons. The van der Waals surface area contributed by atoms with Gasteiger partial charge in [-0.15, -0.1) is 0 Å². The van der Waals surface area contributed by atoms with Crippen LogP contribution in [0.5, 0.6) is 5.75 Å². The molecule has 0 fully saturated rings. The third-order valence-electron chi connectivity index (χ3n) is 2.12. The van der Waals surface area contributed by atoms with Gasteiger partial charge in [-0.25, -0.2) is 4.39 Å². The molecule has 0 bridgehead atoms. The first-order valence-corrected chi connectivity index (χ1v) is 5.50. The first kappa shape index (κ1) is 11.5. The Morgan fingerprint density at radius 2 is 2.21 bits per heavy atom. The molecule has 0 aromatic heterocycles. The van der Waals surface area contributed by atoms with Gasteiger partial charge in [0.25, 0.3) is 0 Å².